The highest BCUT2D eigenvalue weighted by atomic mass is 35.5. The van der Waals surface area contributed by atoms with Crippen molar-refractivity contribution in [2.75, 3.05) is 31.1 Å². The Labute approximate surface area is 143 Å². The van der Waals surface area contributed by atoms with Crippen LogP contribution in [0, 0.1) is 5.92 Å². The zero-order valence-corrected chi connectivity index (χ0v) is 14.6. The average molecular weight is 336 g/mol. The van der Waals surface area contributed by atoms with Crippen molar-refractivity contribution in [2.24, 2.45) is 11.7 Å². The van der Waals surface area contributed by atoms with Crippen molar-refractivity contribution < 1.29 is 4.79 Å². The SMILES string of the molecule is CCC[C@@H]1CN(C(=O)c2ccc(N3CCCC3)c(Cl)c2)C[C@H]1N. The first kappa shape index (κ1) is 16.6. The van der Waals surface area contributed by atoms with Gasteiger partial charge in [-0.3, -0.25) is 4.79 Å². The van der Waals surface area contributed by atoms with Gasteiger partial charge in [0.15, 0.2) is 0 Å². The molecule has 0 bridgehead atoms. The highest BCUT2D eigenvalue weighted by Gasteiger charge is 2.32. The van der Waals surface area contributed by atoms with Crippen LogP contribution in [0.4, 0.5) is 5.69 Å². The number of carbonyl (C=O) groups is 1. The van der Waals surface area contributed by atoms with Crippen molar-refractivity contribution >= 4 is 23.2 Å². The van der Waals surface area contributed by atoms with Gasteiger partial charge < -0.3 is 15.5 Å². The third-order valence-corrected chi connectivity index (χ3v) is 5.38. The van der Waals surface area contributed by atoms with Gasteiger partial charge in [0.2, 0.25) is 0 Å². The van der Waals surface area contributed by atoms with Gasteiger partial charge in [0.1, 0.15) is 0 Å². The molecule has 126 valence electrons. The van der Waals surface area contributed by atoms with E-state index in [4.69, 9.17) is 17.3 Å². The third kappa shape index (κ3) is 3.48. The Morgan fingerprint density at radius 1 is 1.30 bits per heavy atom. The summed E-state index contributed by atoms with van der Waals surface area (Å²) in [4.78, 5) is 16.9. The van der Waals surface area contributed by atoms with Crippen LogP contribution in [0.25, 0.3) is 0 Å². The van der Waals surface area contributed by atoms with Gasteiger partial charge in [0.05, 0.1) is 10.7 Å². The minimum atomic E-state index is 0.0499. The molecule has 2 fully saturated rings. The summed E-state index contributed by atoms with van der Waals surface area (Å²) >= 11 is 6.43. The molecule has 2 atom stereocenters. The molecule has 0 aliphatic carbocycles. The van der Waals surface area contributed by atoms with Crippen molar-refractivity contribution in [3.8, 4) is 0 Å². The predicted molar refractivity (Wildman–Crippen MR) is 95.2 cm³/mol. The fraction of sp³-hybridized carbons (Fsp3) is 0.611. The fourth-order valence-electron chi connectivity index (χ4n) is 3.78. The van der Waals surface area contributed by atoms with E-state index in [1.54, 1.807) is 0 Å². The second-order valence-corrected chi connectivity index (χ2v) is 7.19. The molecule has 23 heavy (non-hydrogen) atoms. The maximum absolute atomic E-state index is 12.7. The lowest BCUT2D eigenvalue weighted by Gasteiger charge is -2.21. The lowest BCUT2D eigenvalue weighted by Crippen LogP contribution is -2.32. The summed E-state index contributed by atoms with van der Waals surface area (Å²) in [5.74, 6) is 0.470. The van der Waals surface area contributed by atoms with Crippen molar-refractivity contribution in [3.05, 3.63) is 28.8 Å². The molecule has 2 saturated heterocycles. The molecule has 2 heterocycles. The summed E-state index contributed by atoms with van der Waals surface area (Å²) in [7, 11) is 0. The van der Waals surface area contributed by atoms with Gasteiger partial charge in [0.25, 0.3) is 5.91 Å². The number of rotatable bonds is 4. The topological polar surface area (TPSA) is 49.6 Å². The van der Waals surface area contributed by atoms with Crippen LogP contribution in [-0.2, 0) is 0 Å². The van der Waals surface area contributed by atoms with E-state index in [-0.39, 0.29) is 11.9 Å². The molecule has 0 radical (unpaired) electrons. The number of hydrogen-bond donors (Lipinski definition) is 1. The van der Waals surface area contributed by atoms with E-state index in [0.29, 0.717) is 23.0 Å². The lowest BCUT2D eigenvalue weighted by atomic mass is 9.99. The number of benzene rings is 1. The van der Waals surface area contributed by atoms with E-state index >= 15 is 0 Å². The highest BCUT2D eigenvalue weighted by molar-refractivity contribution is 6.33. The van der Waals surface area contributed by atoms with Gasteiger partial charge in [-0.25, -0.2) is 0 Å². The first-order valence-corrected chi connectivity index (χ1v) is 9.07. The second-order valence-electron chi connectivity index (χ2n) is 6.78. The molecule has 1 amide bonds. The van der Waals surface area contributed by atoms with E-state index in [2.05, 4.69) is 11.8 Å². The van der Waals surface area contributed by atoms with Crippen molar-refractivity contribution in [1.82, 2.24) is 4.90 Å². The molecule has 2 aliphatic rings. The number of carbonyl (C=O) groups excluding carboxylic acids is 1. The Kier molecular flexibility index (Phi) is 5.12. The Bertz CT molecular complexity index is 571. The quantitative estimate of drug-likeness (QED) is 0.919. The van der Waals surface area contributed by atoms with Crippen LogP contribution >= 0.6 is 11.6 Å². The van der Waals surface area contributed by atoms with Crippen LogP contribution < -0.4 is 10.6 Å². The molecule has 0 unspecified atom stereocenters. The van der Waals surface area contributed by atoms with Gasteiger partial charge in [-0.05, 0) is 43.4 Å². The molecular formula is C18H26ClN3O. The summed E-state index contributed by atoms with van der Waals surface area (Å²) in [6, 6.07) is 5.80. The first-order valence-electron chi connectivity index (χ1n) is 8.69. The molecule has 3 rings (SSSR count). The van der Waals surface area contributed by atoms with Crippen LogP contribution in [0.1, 0.15) is 43.0 Å². The first-order chi connectivity index (χ1) is 11.1. The van der Waals surface area contributed by atoms with Crippen molar-refractivity contribution in [3.63, 3.8) is 0 Å². The van der Waals surface area contributed by atoms with Crippen LogP contribution in [0.2, 0.25) is 5.02 Å². The molecule has 2 N–H and O–H groups in total. The summed E-state index contributed by atoms with van der Waals surface area (Å²) in [5, 5.41) is 0.673. The molecule has 4 nitrogen and oxygen atoms in total. The Morgan fingerprint density at radius 3 is 2.70 bits per heavy atom. The number of likely N-dealkylation sites (tertiary alicyclic amines) is 1. The summed E-state index contributed by atoms with van der Waals surface area (Å²) in [6.45, 7) is 5.67. The Morgan fingerprint density at radius 2 is 2.04 bits per heavy atom. The van der Waals surface area contributed by atoms with Gasteiger partial charge in [0, 0.05) is 37.8 Å². The van der Waals surface area contributed by atoms with Crippen molar-refractivity contribution in [2.45, 2.75) is 38.6 Å². The third-order valence-electron chi connectivity index (χ3n) is 5.08. The second kappa shape index (κ2) is 7.10. The lowest BCUT2D eigenvalue weighted by molar-refractivity contribution is 0.0785. The van der Waals surface area contributed by atoms with Crippen LogP contribution in [0.5, 0.6) is 0 Å². The van der Waals surface area contributed by atoms with Gasteiger partial charge in [-0.2, -0.15) is 0 Å². The minimum Gasteiger partial charge on any atom is -0.370 e. The van der Waals surface area contributed by atoms with E-state index in [9.17, 15) is 4.79 Å². The van der Waals surface area contributed by atoms with E-state index in [1.807, 2.05) is 23.1 Å². The van der Waals surface area contributed by atoms with Gasteiger partial charge in [-0.1, -0.05) is 24.9 Å². The molecule has 5 heteroatoms. The van der Waals surface area contributed by atoms with E-state index in [0.717, 1.165) is 38.2 Å². The maximum atomic E-state index is 12.7. The van der Waals surface area contributed by atoms with E-state index < -0.39 is 0 Å². The summed E-state index contributed by atoms with van der Waals surface area (Å²) in [6.07, 6.45) is 4.61. The van der Waals surface area contributed by atoms with Crippen LogP contribution in [-0.4, -0.2) is 43.0 Å². The molecule has 1 aromatic rings. The Hall–Kier alpha value is -1.26. The zero-order valence-electron chi connectivity index (χ0n) is 13.8. The number of amides is 1. The largest absolute Gasteiger partial charge is 0.370 e. The molecule has 0 spiro atoms. The van der Waals surface area contributed by atoms with Gasteiger partial charge in [-0.15, -0.1) is 0 Å². The minimum absolute atomic E-state index is 0.0499. The Balaban J connectivity index is 1.71. The number of anilines is 1. The van der Waals surface area contributed by atoms with Gasteiger partial charge >= 0.3 is 0 Å². The summed E-state index contributed by atoms with van der Waals surface area (Å²) in [5.41, 5.74) is 7.89. The number of halogens is 1. The standard InChI is InChI=1S/C18H26ClN3O/c1-2-5-14-11-22(12-16(14)20)18(23)13-6-7-17(15(19)10-13)21-8-3-4-9-21/h6-7,10,14,16H,2-5,8-9,11-12,20H2,1H3/t14-,16-/m1/s1. The number of nitrogens with zero attached hydrogens (tertiary/aromatic N) is 2. The highest BCUT2D eigenvalue weighted by Crippen LogP contribution is 2.30. The molecule has 0 saturated carbocycles. The molecule has 1 aromatic carbocycles. The fourth-order valence-corrected chi connectivity index (χ4v) is 4.08. The van der Waals surface area contributed by atoms with Crippen molar-refractivity contribution in [1.29, 1.82) is 0 Å². The maximum Gasteiger partial charge on any atom is 0.253 e. The van der Waals surface area contributed by atoms with E-state index in [1.165, 1.54) is 12.8 Å². The molecule has 0 aromatic heterocycles. The molecule has 2 aliphatic heterocycles. The average Bonchev–Trinajstić information content (AvgIpc) is 3.17. The normalized spacial score (nSPS) is 24.5. The van der Waals surface area contributed by atoms with Crippen LogP contribution in [0.15, 0.2) is 18.2 Å². The van der Waals surface area contributed by atoms with Crippen LogP contribution in [0.3, 0.4) is 0 Å². The monoisotopic (exact) mass is 335 g/mol. The number of hydrogen-bond acceptors (Lipinski definition) is 3. The predicted octanol–water partition coefficient (Wildman–Crippen LogP) is 3.14. The number of nitrogens with two attached hydrogens (primary N) is 1. The summed E-state index contributed by atoms with van der Waals surface area (Å²) < 4.78 is 0. The smallest absolute Gasteiger partial charge is 0.253 e. The molecular weight excluding hydrogens is 310 g/mol. The zero-order chi connectivity index (χ0) is 16.4.